The van der Waals surface area contributed by atoms with Crippen molar-refractivity contribution in [1.82, 2.24) is 14.5 Å². The molecule has 1 atom stereocenters. The molecule has 0 unspecified atom stereocenters. The molecule has 0 aliphatic carbocycles. The number of hydrogen-bond acceptors (Lipinski definition) is 6. The molecule has 2 aromatic rings. The molecule has 9 heteroatoms. The van der Waals surface area contributed by atoms with Gasteiger partial charge in [-0.15, -0.1) is 0 Å². The van der Waals surface area contributed by atoms with E-state index in [9.17, 15) is 13.2 Å². The summed E-state index contributed by atoms with van der Waals surface area (Å²) in [4.78, 5) is 15.3. The number of fused-ring (bicyclic) bond motifs is 1. The van der Waals surface area contributed by atoms with Crippen LogP contribution in [0.3, 0.4) is 0 Å². The van der Waals surface area contributed by atoms with E-state index in [-0.39, 0.29) is 16.8 Å². The third kappa shape index (κ3) is 4.60. The molecule has 0 radical (unpaired) electrons. The van der Waals surface area contributed by atoms with Crippen molar-refractivity contribution in [2.45, 2.75) is 24.8 Å². The number of carbonyl (C=O) groups is 1. The summed E-state index contributed by atoms with van der Waals surface area (Å²) in [6, 6.07) is 10.0. The van der Waals surface area contributed by atoms with Gasteiger partial charge in [-0.3, -0.25) is 4.79 Å². The lowest BCUT2D eigenvalue weighted by Gasteiger charge is -2.31. The monoisotopic (exact) mass is 459 g/mol. The number of rotatable bonds is 5. The highest BCUT2D eigenvalue weighted by Crippen LogP contribution is 2.32. The number of amides is 1. The zero-order valence-electron chi connectivity index (χ0n) is 18.6. The van der Waals surface area contributed by atoms with Gasteiger partial charge in [-0.05, 0) is 56.3 Å². The van der Waals surface area contributed by atoms with Gasteiger partial charge in [0, 0.05) is 31.7 Å². The summed E-state index contributed by atoms with van der Waals surface area (Å²) in [5.41, 5.74) is 1.94. The van der Waals surface area contributed by atoms with E-state index in [1.807, 2.05) is 32.2 Å². The van der Waals surface area contributed by atoms with Crippen LogP contribution < -0.4 is 14.8 Å². The summed E-state index contributed by atoms with van der Waals surface area (Å²) in [6.45, 7) is 6.94. The van der Waals surface area contributed by atoms with Crippen molar-refractivity contribution in [2.75, 3.05) is 46.4 Å². The second-order valence-electron chi connectivity index (χ2n) is 8.28. The molecule has 1 amide bonds. The van der Waals surface area contributed by atoms with Crippen LogP contribution >= 0.6 is 0 Å². The number of nitrogens with zero attached hydrogens (tertiary/aromatic N) is 2. The Labute approximate surface area is 189 Å². The predicted molar refractivity (Wildman–Crippen MR) is 121 cm³/mol. The molecule has 0 saturated carbocycles. The van der Waals surface area contributed by atoms with Crippen LogP contribution in [-0.2, 0) is 10.0 Å². The number of likely N-dealkylation sites (N-methyl/N-ethyl adjacent to an activating group) is 1. The van der Waals surface area contributed by atoms with Crippen LogP contribution in [0.4, 0.5) is 0 Å². The van der Waals surface area contributed by atoms with Gasteiger partial charge in [0.15, 0.2) is 11.5 Å². The van der Waals surface area contributed by atoms with E-state index in [0.717, 1.165) is 5.56 Å². The third-order valence-electron chi connectivity index (χ3n) is 5.97. The topological polar surface area (TPSA) is 88.2 Å². The van der Waals surface area contributed by atoms with Gasteiger partial charge in [-0.2, -0.15) is 4.31 Å². The second-order valence-corrected chi connectivity index (χ2v) is 10.2. The fourth-order valence-corrected chi connectivity index (χ4v) is 5.32. The maximum absolute atomic E-state index is 13.1. The minimum Gasteiger partial charge on any atom is -0.486 e. The Bertz CT molecular complexity index is 1110. The summed E-state index contributed by atoms with van der Waals surface area (Å²) in [6.07, 6.45) is 0. The van der Waals surface area contributed by atoms with Gasteiger partial charge in [-0.1, -0.05) is 12.1 Å². The van der Waals surface area contributed by atoms with Crippen molar-refractivity contribution in [2.24, 2.45) is 0 Å². The van der Waals surface area contributed by atoms with E-state index in [2.05, 4.69) is 10.2 Å². The minimum absolute atomic E-state index is 0.143. The second kappa shape index (κ2) is 9.09. The van der Waals surface area contributed by atoms with E-state index in [1.165, 1.54) is 10.4 Å². The van der Waals surface area contributed by atoms with Gasteiger partial charge >= 0.3 is 0 Å². The Morgan fingerprint density at radius 3 is 2.41 bits per heavy atom. The summed E-state index contributed by atoms with van der Waals surface area (Å²) in [7, 11) is -1.68. The molecule has 2 aliphatic rings. The summed E-state index contributed by atoms with van der Waals surface area (Å²) in [5.74, 6) is 1.03. The van der Waals surface area contributed by atoms with Gasteiger partial charge in [0.1, 0.15) is 13.2 Å². The number of sulfonamides is 1. The quantitative estimate of drug-likeness (QED) is 0.738. The van der Waals surface area contributed by atoms with Crippen LogP contribution in [0.2, 0.25) is 0 Å². The van der Waals surface area contributed by atoms with Crippen molar-refractivity contribution in [3.8, 4) is 11.5 Å². The Kier molecular flexibility index (Phi) is 6.41. The van der Waals surface area contributed by atoms with Crippen molar-refractivity contribution in [3.05, 3.63) is 53.1 Å². The molecule has 2 aromatic carbocycles. The zero-order chi connectivity index (χ0) is 22.9. The largest absolute Gasteiger partial charge is 0.486 e. The molecule has 4 rings (SSSR count). The number of ether oxygens (including phenoxy) is 2. The Hall–Kier alpha value is -2.62. The van der Waals surface area contributed by atoms with Crippen molar-refractivity contribution >= 4 is 15.9 Å². The molecule has 32 heavy (non-hydrogen) atoms. The molecule has 1 fully saturated rings. The van der Waals surface area contributed by atoms with Crippen LogP contribution in [0.25, 0.3) is 0 Å². The third-order valence-corrected chi connectivity index (χ3v) is 7.86. The molecule has 0 spiro atoms. The molecule has 0 aromatic heterocycles. The number of aryl methyl sites for hydroxylation is 1. The highest BCUT2D eigenvalue weighted by molar-refractivity contribution is 7.89. The van der Waals surface area contributed by atoms with Gasteiger partial charge in [0.2, 0.25) is 10.0 Å². The molecular formula is C23H29N3O5S. The van der Waals surface area contributed by atoms with E-state index >= 15 is 0 Å². The van der Waals surface area contributed by atoms with Crippen LogP contribution in [0.1, 0.15) is 34.5 Å². The predicted octanol–water partition coefficient (Wildman–Crippen LogP) is 2.19. The first kappa shape index (κ1) is 22.6. The molecule has 2 heterocycles. The SMILES string of the molecule is Cc1ccc(S(=O)(=O)N2CCN(C)CC2)cc1C(=O)N[C@@H](C)c1ccc2c(c1)OCCO2. The Morgan fingerprint density at radius 1 is 1.00 bits per heavy atom. The Balaban J connectivity index is 1.52. The zero-order valence-corrected chi connectivity index (χ0v) is 19.4. The molecule has 0 bridgehead atoms. The average molecular weight is 460 g/mol. The number of nitrogens with one attached hydrogen (secondary N) is 1. The molecule has 8 nitrogen and oxygen atoms in total. The van der Waals surface area contributed by atoms with E-state index < -0.39 is 10.0 Å². The Morgan fingerprint density at radius 2 is 1.69 bits per heavy atom. The van der Waals surface area contributed by atoms with E-state index in [0.29, 0.717) is 62.0 Å². The maximum atomic E-state index is 13.1. The first-order chi connectivity index (χ1) is 15.3. The van der Waals surface area contributed by atoms with Gasteiger partial charge in [0.25, 0.3) is 5.91 Å². The summed E-state index contributed by atoms with van der Waals surface area (Å²) >= 11 is 0. The minimum atomic E-state index is -3.65. The summed E-state index contributed by atoms with van der Waals surface area (Å²) < 4.78 is 38.9. The fraction of sp³-hybridized carbons (Fsp3) is 0.435. The first-order valence-electron chi connectivity index (χ1n) is 10.8. The average Bonchev–Trinajstić information content (AvgIpc) is 2.79. The van der Waals surface area contributed by atoms with Crippen LogP contribution in [0.5, 0.6) is 11.5 Å². The normalized spacial score (nSPS) is 18.2. The highest BCUT2D eigenvalue weighted by atomic mass is 32.2. The first-order valence-corrected chi connectivity index (χ1v) is 12.2. The lowest BCUT2D eigenvalue weighted by molar-refractivity contribution is 0.0939. The van der Waals surface area contributed by atoms with Gasteiger partial charge in [0.05, 0.1) is 10.9 Å². The number of hydrogen-bond donors (Lipinski definition) is 1. The van der Waals surface area contributed by atoms with Gasteiger partial charge < -0.3 is 19.7 Å². The van der Waals surface area contributed by atoms with Crippen molar-refractivity contribution < 1.29 is 22.7 Å². The molecular weight excluding hydrogens is 430 g/mol. The van der Waals surface area contributed by atoms with Crippen LogP contribution in [0.15, 0.2) is 41.3 Å². The molecule has 172 valence electrons. The fourth-order valence-electron chi connectivity index (χ4n) is 3.87. The van der Waals surface area contributed by atoms with Gasteiger partial charge in [-0.25, -0.2) is 8.42 Å². The molecule has 2 aliphatic heterocycles. The van der Waals surface area contributed by atoms with Crippen LogP contribution in [-0.4, -0.2) is 70.0 Å². The molecule has 1 saturated heterocycles. The van der Waals surface area contributed by atoms with E-state index in [1.54, 1.807) is 19.1 Å². The summed E-state index contributed by atoms with van der Waals surface area (Å²) in [5, 5.41) is 2.97. The maximum Gasteiger partial charge on any atom is 0.252 e. The van der Waals surface area contributed by atoms with Crippen molar-refractivity contribution in [3.63, 3.8) is 0 Å². The molecule has 1 N–H and O–H groups in total. The number of piperazine rings is 1. The lowest BCUT2D eigenvalue weighted by atomic mass is 10.0. The highest BCUT2D eigenvalue weighted by Gasteiger charge is 2.28. The van der Waals surface area contributed by atoms with E-state index in [4.69, 9.17) is 9.47 Å². The number of carbonyl (C=O) groups excluding carboxylic acids is 1. The lowest BCUT2D eigenvalue weighted by Crippen LogP contribution is -2.47. The van der Waals surface area contributed by atoms with Crippen molar-refractivity contribution in [1.29, 1.82) is 0 Å². The van der Waals surface area contributed by atoms with Crippen LogP contribution in [0, 0.1) is 6.92 Å². The smallest absolute Gasteiger partial charge is 0.252 e. The standard InChI is InChI=1S/C23H29N3O5S/c1-16-4-6-19(32(28,29)26-10-8-25(3)9-11-26)15-20(16)23(27)24-17(2)18-5-7-21-22(14-18)31-13-12-30-21/h4-7,14-15,17H,8-13H2,1-3H3,(H,24,27)/t17-/m0/s1. The number of benzene rings is 2.